The molecule has 0 amide bonds. The molecule has 0 fully saturated rings. The molecular formula is C4H10IN. The van der Waals surface area contributed by atoms with Gasteiger partial charge in [0.25, 0.3) is 0 Å². The Morgan fingerprint density at radius 1 is 1.33 bits per heavy atom. The number of nitrogens with two attached hydrogens (primary N) is 1. The van der Waals surface area contributed by atoms with Crippen molar-refractivity contribution in [1.29, 1.82) is 0 Å². The van der Waals surface area contributed by atoms with Crippen molar-refractivity contribution < 1.29 is 0 Å². The second-order valence-electron chi connectivity index (χ2n) is 0.707. The summed E-state index contributed by atoms with van der Waals surface area (Å²) in [6.07, 6.45) is 5.50. The SMILES string of the molecule is C1=CC1.CN.I. The van der Waals surface area contributed by atoms with Crippen LogP contribution in [0.25, 0.3) is 0 Å². The van der Waals surface area contributed by atoms with Crippen LogP contribution in [0.4, 0.5) is 0 Å². The fourth-order valence-corrected chi connectivity index (χ4v) is 0. The third kappa shape index (κ3) is 25.5. The van der Waals surface area contributed by atoms with Gasteiger partial charge in [-0.1, -0.05) is 12.2 Å². The average molecular weight is 199 g/mol. The zero-order valence-corrected chi connectivity index (χ0v) is 6.18. The van der Waals surface area contributed by atoms with Crippen molar-refractivity contribution in [3.8, 4) is 0 Å². The smallest absolute Gasteiger partial charge is 0.0169 e. The summed E-state index contributed by atoms with van der Waals surface area (Å²) in [7, 11) is 1.50. The fourth-order valence-electron chi connectivity index (χ4n) is 0. The standard InChI is InChI=1S/C3H4.CH5N.HI/c1-2-3-1;1-2;/h1-2H,3H2;2H2,1H3;1H. The molecule has 0 radical (unpaired) electrons. The van der Waals surface area contributed by atoms with Crippen LogP contribution in [0.3, 0.4) is 0 Å². The van der Waals surface area contributed by atoms with E-state index in [4.69, 9.17) is 0 Å². The van der Waals surface area contributed by atoms with E-state index < -0.39 is 0 Å². The van der Waals surface area contributed by atoms with Crippen LogP contribution in [0.2, 0.25) is 0 Å². The number of halogens is 1. The molecule has 38 valence electrons. The van der Waals surface area contributed by atoms with Gasteiger partial charge in [-0.2, -0.15) is 0 Å². The second kappa shape index (κ2) is 9.06. The van der Waals surface area contributed by atoms with Gasteiger partial charge in [0.15, 0.2) is 0 Å². The first-order chi connectivity index (χ1) is 2.50. The lowest BCUT2D eigenvalue weighted by molar-refractivity contribution is 1.48. The molecule has 0 bridgehead atoms. The van der Waals surface area contributed by atoms with E-state index >= 15 is 0 Å². The Labute approximate surface area is 55.6 Å². The second-order valence-corrected chi connectivity index (χ2v) is 0.707. The van der Waals surface area contributed by atoms with Crippen molar-refractivity contribution >= 4 is 24.0 Å². The summed E-state index contributed by atoms with van der Waals surface area (Å²) in [6, 6.07) is 0. The van der Waals surface area contributed by atoms with E-state index in [0.717, 1.165) is 0 Å². The molecule has 0 unspecified atom stereocenters. The van der Waals surface area contributed by atoms with Crippen molar-refractivity contribution in [1.82, 2.24) is 0 Å². The first-order valence-electron chi connectivity index (χ1n) is 1.73. The van der Waals surface area contributed by atoms with E-state index in [9.17, 15) is 0 Å². The van der Waals surface area contributed by atoms with Gasteiger partial charge in [-0.3, -0.25) is 0 Å². The molecule has 0 aliphatic heterocycles. The summed E-state index contributed by atoms with van der Waals surface area (Å²) in [5.74, 6) is 0. The van der Waals surface area contributed by atoms with Gasteiger partial charge in [0.1, 0.15) is 0 Å². The summed E-state index contributed by atoms with van der Waals surface area (Å²) >= 11 is 0. The highest BCUT2D eigenvalue weighted by atomic mass is 127. The van der Waals surface area contributed by atoms with Gasteiger partial charge >= 0.3 is 0 Å². The zero-order chi connectivity index (χ0) is 4.12. The Kier molecular flexibility index (Phi) is 14.6. The van der Waals surface area contributed by atoms with Crippen LogP contribution in [0.1, 0.15) is 6.42 Å². The predicted molar refractivity (Wildman–Crippen MR) is 39.3 cm³/mol. The highest BCUT2D eigenvalue weighted by Gasteiger charge is 1.75. The van der Waals surface area contributed by atoms with Gasteiger partial charge in [-0.25, -0.2) is 0 Å². The van der Waals surface area contributed by atoms with Crippen molar-refractivity contribution in [3.63, 3.8) is 0 Å². The van der Waals surface area contributed by atoms with Crippen LogP contribution in [-0.2, 0) is 0 Å². The number of hydrogen-bond donors (Lipinski definition) is 1. The quantitative estimate of drug-likeness (QED) is 0.459. The van der Waals surface area contributed by atoms with Crippen molar-refractivity contribution in [2.75, 3.05) is 7.05 Å². The van der Waals surface area contributed by atoms with Crippen LogP contribution in [0.5, 0.6) is 0 Å². The summed E-state index contributed by atoms with van der Waals surface area (Å²) < 4.78 is 0. The van der Waals surface area contributed by atoms with E-state index in [-0.39, 0.29) is 24.0 Å². The van der Waals surface area contributed by atoms with Crippen molar-refractivity contribution in [2.24, 2.45) is 5.73 Å². The molecule has 0 saturated heterocycles. The van der Waals surface area contributed by atoms with Crippen LogP contribution in [0, 0.1) is 0 Å². The van der Waals surface area contributed by atoms with Crippen LogP contribution >= 0.6 is 24.0 Å². The molecular weight excluding hydrogens is 189 g/mol. The predicted octanol–water partition coefficient (Wildman–Crippen LogP) is 1.14. The minimum atomic E-state index is 0. The lowest BCUT2D eigenvalue weighted by Gasteiger charge is -1.19. The molecule has 6 heavy (non-hydrogen) atoms. The highest BCUT2D eigenvalue weighted by Crippen LogP contribution is 1.96. The van der Waals surface area contributed by atoms with Crippen LogP contribution < -0.4 is 5.73 Å². The number of allylic oxidation sites excluding steroid dienone is 2. The van der Waals surface area contributed by atoms with Gasteiger partial charge < -0.3 is 5.73 Å². The van der Waals surface area contributed by atoms with E-state index in [1.807, 2.05) is 0 Å². The lowest BCUT2D eigenvalue weighted by Crippen LogP contribution is -1.69. The maximum absolute atomic E-state index is 4.50. The van der Waals surface area contributed by atoms with Gasteiger partial charge in [0.2, 0.25) is 0 Å². The Hall–Kier alpha value is 0.430. The first kappa shape index (κ1) is 9.66. The molecule has 2 heteroatoms. The molecule has 1 nitrogen and oxygen atoms in total. The van der Waals surface area contributed by atoms with E-state index in [1.54, 1.807) is 0 Å². The van der Waals surface area contributed by atoms with Gasteiger partial charge in [-0.05, 0) is 13.5 Å². The number of rotatable bonds is 0. The lowest BCUT2D eigenvalue weighted by atomic mass is 10.9. The third-order valence-electron chi connectivity index (χ3n) is 0.236. The molecule has 0 aromatic carbocycles. The normalized spacial score (nSPS) is 10.3. The molecule has 0 spiro atoms. The minimum Gasteiger partial charge on any atom is -0.333 e. The molecule has 0 saturated carbocycles. The zero-order valence-electron chi connectivity index (χ0n) is 3.85. The van der Waals surface area contributed by atoms with Gasteiger partial charge in [-0.15, -0.1) is 24.0 Å². The van der Waals surface area contributed by atoms with Crippen LogP contribution in [-0.4, -0.2) is 7.05 Å². The van der Waals surface area contributed by atoms with E-state index in [2.05, 4.69) is 17.9 Å². The third-order valence-corrected chi connectivity index (χ3v) is 0.236. The Bertz CT molecular complexity index is 30.5. The highest BCUT2D eigenvalue weighted by molar-refractivity contribution is 14.0. The maximum Gasteiger partial charge on any atom is -0.0169 e. The maximum atomic E-state index is 4.50. The van der Waals surface area contributed by atoms with Gasteiger partial charge in [0.05, 0.1) is 0 Å². The number of hydrogen-bond acceptors (Lipinski definition) is 1. The monoisotopic (exact) mass is 199 g/mol. The molecule has 1 aliphatic carbocycles. The Balaban J connectivity index is 0. The topological polar surface area (TPSA) is 26.0 Å². The molecule has 1 aliphatic rings. The fraction of sp³-hybridized carbons (Fsp3) is 0.500. The molecule has 0 atom stereocenters. The molecule has 0 aromatic rings. The summed E-state index contributed by atoms with van der Waals surface area (Å²) in [6.45, 7) is 0. The Morgan fingerprint density at radius 2 is 1.50 bits per heavy atom. The van der Waals surface area contributed by atoms with Crippen molar-refractivity contribution in [2.45, 2.75) is 6.42 Å². The summed E-state index contributed by atoms with van der Waals surface area (Å²) in [5, 5.41) is 0. The first-order valence-corrected chi connectivity index (χ1v) is 1.73. The molecule has 0 heterocycles. The summed E-state index contributed by atoms with van der Waals surface area (Å²) in [4.78, 5) is 0. The van der Waals surface area contributed by atoms with Gasteiger partial charge in [0, 0.05) is 0 Å². The Morgan fingerprint density at radius 3 is 1.50 bits per heavy atom. The van der Waals surface area contributed by atoms with Crippen molar-refractivity contribution in [3.05, 3.63) is 12.2 Å². The summed E-state index contributed by atoms with van der Waals surface area (Å²) in [5.41, 5.74) is 4.50. The van der Waals surface area contributed by atoms with E-state index in [1.165, 1.54) is 13.5 Å². The largest absolute Gasteiger partial charge is 0.333 e. The molecule has 1 rings (SSSR count). The molecule has 0 aromatic heterocycles. The van der Waals surface area contributed by atoms with E-state index in [0.29, 0.717) is 0 Å². The minimum absolute atomic E-state index is 0. The average Bonchev–Trinajstić information content (AvgIpc) is 2.19. The van der Waals surface area contributed by atoms with Crippen LogP contribution in [0.15, 0.2) is 12.2 Å². The molecule has 2 N–H and O–H groups in total.